The number of anilines is 1. The highest BCUT2D eigenvalue weighted by molar-refractivity contribution is 7.92. The highest BCUT2D eigenvalue weighted by Gasteiger charge is 2.45. The van der Waals surface area contributed by atoms with Gasteiger partial charge in [-0.05, 0) is 61.5 Å². The second kappa shape index (κ2) is 10.2. The van der Waals surface area contributed by atoms with E-state index in [0.29, 0.717) is 36.2 Å². The van der Waals surface area contributed by atoms with Crippen LogP contribution in [-0.2, 0) is 10.0 Å². The molecule has 2 aromatic heterocycles. The number of hydrogen-bond acceptors (Lipinski definition) is 6. The zero-order valence-electron chi connectivity index (χ0n) is 22.7. The maximum absolute atomic E-state index is 11.8. The average molecular weight is 558 g/mol. The molecule has 2 saturated heterocycles. The first kappa shape index (κ1) is 25.5. The molecule has 208 valence electrons. The fourth-order valence-electron chi connectivity index (χ4n) is 6.89. The molecule has 2 bridgehead atoms. The van der Waals surface area contributed by atoms with Gasteiger partial charge in [-0.25, -0.2) is 8.42 Å². The molecule has 0 radical (unpaired) electrons. The third-order valence-electron chi connectivity index (χ3n) is 8.72. The normalized spacial score (nSPS) is 23.1. The molecule has 1 aliphatic carbocycles. The van der Waals surface area contributed by atoms with Crippen LogP contribution in [0.4, 0.5) is 5.95 Å². The highest BCUT2D eigenvalue weighted by atomic mass is 32.2. The summed E-state index contributed by atoms with van der Waals surface area (Å²) in [6, 6.07) is 25.1. The average Bonchev–Trinajstić information content (AvgIpc) is 3.68. The summed E-state index contributed by atoms with van der Waals surface area (Å²) in [5.74, 6) is 1.99. The molecule has 2 aromatic carbocycles. The summed E-state index contributed by atoms with van der Waals surface area (Å²) in [6.45, 7) is 0.681. The topological polar surface area (TPSA) is 88.8 Å². The Kier molecular flexibility index (Phi) is 6.51. The van der Waals surface area contributed by atoms with Crippen molar-refractivity contribution in [3.63, 3.8) is 0 Å². The van der Waals surface area contributed by atoms with Crippen molar-refractivity contribution in [2.45, 2.75) is 62.6 Å². The molecule has 3 aliphatic rings. The molecule has 9 heteroatoms. The lowest BCUT2D eigenvalue weighted by molar-refractivity contribution is 0.0561. The van der Waals surface area contributed by atoms with Crippen LogP contribution in [0.25, 0.3) is 5.65 Å². The minimum Gasteiger partial charge on any atom is -0.493 e. The van der Waals surface area contributed by atoms with Gasteiger partial charge in [-0.1, -0.05) is 60.7 Å². The van der Waals surface area contributed by atoms with E-state index in [2.05, 4.69) is 80.5 Å². The van der Waals surface area contributed by atoms with Crippen molar-refractivity contribution in [1.82, 2.24) is 19.5 Å². The Morgan fingerprint density at radius 3 is 2.12 bits per heavy atom. The third kappa shape index (κ3) is 5.08. The van der Waals surface area contributed by atoms with E-state index in [1.54, 1.807) is 4.40 Å². The Hall–Kier alpha value is -3.43. The number of fused-ring (bicyclic) bond motifs is 3. The molecule has 0 spiro atoms. The number of benzene rings is 2. The summed E-state index contributed by atoms with van der Waals surface area (Å²) >= 11 is 0. The monoisotopic (exact) mass is 557 g/mol. The number of sulfonamides is 1. The lowest BCUT2D eigenvalue weighted by Gasteiger charge is -2.44. The first-order chi connectivity index (χ1) is 19.4. The molecule has 40 heavy (non-hydrogen) atoms. The Morgan fingerprint density at radius 2 is 1.55 bits per heavy atom. The van der Waals surface area contributed by atoms with E-state index in [-0.39, 0.29) is 12.0 Å². The zero-order chi connectivity index (χ0) is 27.3. The number of aromatic nitrogens is 3. The standard InChI is InChI=1S/C31H35N5O3S/c1-40(37,38)34-31-33-32-29-18-28(27(19-35(29)31)22-12-13-22)39-20-21-16-25-14-15-26(17-21)36(25)30(23-8-4-2-5-9-23)24-10-6-3-7-11-24/h2-11,18-19,21-22,25-26,30H,12-17,20H2,1H3,(H,33,34)/t21?,25-,26+. The quantitative estimate of drug-likeness (QED) is 0.297. The molecular formula is C31H35N5O3S. The van der Waals surface area contributed by atoms with Gasteiger partial charge in [0.1, 0.15) is 5.75 Å². The van der Waals surface area contributed by atoms with Gasteiger partial charge >= 0.3 is 0 Å². The zero-order valence-corrected chi connectivity index (χ0v) is 23.5. The van der Waals surface area contributed by atoms with Crippen LogP contribution in [-0.4, -0.2) is 52.9 Å². The van der Waals surface area contributed by atoms with E-state index in [0.717, 1.165) is 43.3 Å². The van der Waals surface area contributed by atoms with Gasteiger partial charge in [0.2, 0.25) is 16.0 Å². The summed E-state index contributed by atoms with van der Waals surface area (Å²) in [6.07, 6.45) is 10.0. The van der Waals surface area contributed by atoms with Crippen LogP contribution in [0.15, 0.2) is 72.9 Å². The van der Waals surface area contributed by atoms with Crippen molar-refractivity contribution >= 4 is 21.6 Å². The number of pyridine rings is 1. The van der Waals surface area contributed by atoms with Crippen molar-refractivity contribution in [2.24, 2.45) is 5.92 Å². The van der Waals surface area contributed by atoms with Crippen LogP contribution < -0.4 is 9.46 Å². The Bertz CT molecular complexity index is 1550. The molecule has 4 aromatic rings. The Balaban J connectivity index is 1.10. The number of nitrogens with zero attached hydrogens (tertiary/aromatic N) is 4. The molecule has 3 atom stereocenters. The lowest BCUT2D eigenvalue weighted by atomic mass is 9.87. The lowest BCUT2D eigenvalue weighted by Crippen LogP contribution is -2.46. The molecule has 1 N–H and O–H groups in total. The number of rotatable bonds is 9. The molecule has 1 unspecified atom stereocenters. The molecule has 8 nitrogen and oxygen atoms in total. The highest BCUT2D eigenvalue weighted by Crippen LogP contribution is 2.47. The molecule has 0 amide bonds. The third-order valence-corrected chi connectivity index (χ3v) is 9.27. The number of nitrogens with one attached hydrogen (secondary N) is 1. The van der Waals surface area contributed by atoms with Gasteiger partial charge < -0.3 is 4.74 Å². The summed E-state index contributed by atoms with van der Waals surface area (Å²) < 4.78 is 34.3. The van der Waals surface area contributed by atoms with E-state index in [1.165, 1.54) is 24.0 Å². The van der Waals surface area contributed by atoms with Gasteiger partial charge in [0.05, 0.1) is 18.9 Å². The predicted molar refractivity (Wildman–Crippen MR) is 155 cm³/mol. The van der Waals surface area contributed by atoms with Gasteiger partial charge in [0.25, 0.3) is 0 Å². The fourth-order valence-corrected chi connectivity index (χ4v) is 7.36. The van der Waals surface area contributed by atoms with E-state index in [1.807, 2.05) is 12.3 Å². The molecular weight excluding hydrogens is 522 g/mol. The second-order valence-corrected chi connectivity index (χ2v) is 13.4. The van der Waals surface area contributed by atoms with E-state index < -0.39 is 10.0 Å². The minimum absolute atomic E-state index is 0.210. The molecule has 2 aliphatic heterocycles. The van der Waals surface area contributed by atoms with Crippen LogP contribution in [0.1, 0.15) is 67.2 Å². The van der Waals surface area contributed by atoms with Crippen molar-refractivity contribution < 1.29 is 13.2 Å². The molecule has 1 saturated carbocycles. The van der Waals surface area contributed by atoms with Gasteiger partial charge in [0, 0.05) is 29.9 Å². The number of piperidine rings is 1. The summed E-state index contributed by atoms with van der Waals surface area (Å²) in [5, 5.41) is 8.26. The van der Waals surface area contributed by atoms with Crippen molar-refractivity contribution in [2.75, 3.05) is 17.6 Å². The van der Waals surface area contributed by atoms with Crippen molar-refractivity contribution in [3.05, 3.63) is 89.6 Å². The van der Waals surface area contributed by atoms with Gasteiger partial charge in [-0.2, -0.15) is 0 Å². The molecule has 4 heterocycles. The summed E-state index contributed by atoms with van der Waals surface area (Å²) in [7, 11) is -3.45. The fraction of sp³-hybridized carbons (Fsp3) is 0.419. The molecule has 7 rings (SSSR count). The van der Waals surface area contributed by atoms with E-state index in [9.17, 15) is 8.42 Å². The Labute approximate surface area is 235 Å². The Morgan fingerprint density at radius 1 is 0.925 bits per heavy atom. The van der Waals surface area contributed by atoms with Crippen LogP contribution >= 0.6 is 0 Å². The molecule has 3 fully saturated rings. The van der Waals surface area contributed by atoms with Gasteiger partial charge in [0.15, 0.2) is 5.65 Å². The SMILES string of the molecule is CS(=O)(=O)Nc1nnc2cc(OCC3C[C@H]4CC[C@@H](C3)N4C(c3ccccc3)c3ccccc3)c(C3CC3)cn12. The largest absolute Gasteiger partial charge is 0.493 e. The minimum atomic E-state index is -3.45. The van der Waals surface area contributed by atoms with E-state index in [4.69, 9.17) is 4.74 Å². The van der Waals surface area contributed by atoms with Crippen molar-refractivity contribution in [1.29, 1.82) is 0 Å². The van der Waals surface area contributed by atoms with Gasteiger partial charge in [-0.3, -0.25) is 14.0 Å². The smallest absolute Gasteiger partial charge is 0.242 e. The van der Waals surface area contributed by atoms with Crippen LogP contribution in [0.3, 0.4) is 0 Å². The number of hydrogen-bond donors (Lipinski definition) is 1. The van der Waals surface area contributed by atoms with Crippen molar-refractivity contribution in [3.8, 4) is 5.75 Å². The summed E-state index contributed by atoms with van der Waals surface area (Å²) in [5.41, 5.74) is 4.41. The maximum Gasteiger partial charge on any atom is 0.242 e. The first-order valence-corrected chi connectivity index (χ1v) is 16.2. The van der Waals surface area contributed by atoms with Crippen LogP contribution in [0.5, 0.6) is 5.75 Å². The van der Waals surface area contributed by atoms with Gasteiger partial charge in [-0.15, -0.1) is 10.2 Å². The van der Waals surface area contributed by atoms with Crippen LogP contribution in [0, 0.1) is 5.92 Å². The number of ether oxygens (including phenoxy) is 1. The summed E-state index contributed by atoms with van der Waals surface area (Å²) in [4.78, 5) is 2.79. The van der Waals surface area contributed by atoms with Crippen LogP contribution in [0.2, 0.25) is 0 Å². The maximum atomic E-state index is 11.8. The first-order valence-electron chi connectivity index (χ1n) is 14.3. The second-order valence-electron chi connectivity index (χ2n) is 11.7. The predicted octanol–water partition coefficient (Wildman–Crippen LogP) is 5.39. The van der Waals surface area contributed by atoms with E-state index >= 15 is 0 Å².